The second kappa shape index (κ2) is 5.90. The predicted octanol–water partition coefficient (Wildman–Crippen LogP) is 0.379. The van der Waals surface area contributed by atoms with Gasteiger partial charge >= 0.3 is 35.5 Å². The Morgan fingerprint density at radius 2 is 2.14 bits per heavy atom. The van der Waals surface area contributed by atoms with Crippen molar-refractivity contribution in [1.82, 2.24) is 0 Å². The number of hydrogen-bond acceptors (Lipinski definition) is 3. The van der Waals surface area contributed by atoms with Gasteiger partial charge in [0.15, 0.2) is 11.5 Å². The number of benzene rings is 1. The van der Waals surface area contributed by atoms with E-state index in [0.29, 0.717) is 11.3 Å². The van der Waals surface area contributed by atoms with Crippen LogP contribution in [0, 0.1) is 0 Å². The summed E-state index contributed by atoms with van der Waals surface area (Å²) >= 11 is 0. The zero-order chi connectivity index (χ0) is 9.84. The number of carboxylic acid groups (broad SMARTS) is 1. The average Bonchev–Trinajstić information content (AvgIpc) is 2.07. The Balaban J connectivity index is 0.00000169. The van der Waals surface area contributed by atoms with Gasteiger partial charge in [-0.3, -0.25) is 4.79 Å². The molecule has 1 aromatic rings. The van der Waals surface area contributed by atoms with E-state index >= 15 is 0 Å². The predicted molar refractivity (Wildman–Crippen MR) is 53.1 cm³/mol. The van der Waals surface area contributed by atoms with E-state index < -0.39 is 5.97 Å². The van der Waals surface area contributed by atoms with Gasteiger partial charge in [0.1, 0.15) is 0 Å². The number of ether oxygens (including phenoxy) is 1. The Hall–Kier alpha value is -0.710. The number of phenolic OH excluding ortho intramolecular Hbond substituents is 1. The maximum atomic E-state index is 10.3. The van der Waals surface area contributed by atoms with Gasteiger partial charge in [-0.2, -0.15) is 0 Å². The molecule has 0 saturated heterocycles. The van der Waals surface area contributed by atoms with Gasteiger partial charge in [0.05, 0.1) is 13.5 Å². The minimum absolute atomic E-state index is 0. The number of aromatic hydroxyl groups is 1. The third-order valence-electron chi connectivity index (χ3n) is 1.60. The SMILES string of the molecule is COc1cc(CC(=O)O)ccc1O.[NaH]. The fourth-order valence-electron chi connectivity index (χ4n) is 1.01. The van der Waals surface area contributed by atoms with Crippen LogP contribution in [-0.4, -0.2) is 52.8 Å². The molecular formula is C9H11NaO4. The molecule has 0 bridgehead atoms. The third kappa shape index (κ3) is 3.57. The maximum absolute atomic E-state index is 10.3. The monoisotopic (exact) mass is 206 g/mol. The van der Waals surface area contributed by atoms with Crippen molar-refractivity contribution in [3.05, 3.63) is 23.8 Å². The first kappa shape index (κ1) is 13.3. The molecule has 72 valence electrons. The molecule has 1 aromatic carbocycles. The number of rotatable bonds is 3. The van der Waals surface area contributed by atoms with E-state index in [-0.39, 0.29) is 41.7 Å². The number of methoxy groups -OCH3 is 1. The van der Waals surface area contributed by atoms with Crippen LogP contribution in [-0.2, 0) is 11.2 Å². The zero-order valence-electron chi connectivity index (χ0n) is 7.15. The molecule has 0 amide bonds. The molecule has 0 atom stereocenters. The summed E-state index contributed by atoms with van der Waals surface area (Å²) in [5, 5.41) is 17.7. The van der Waals surface area contributed by atoms with E-state index in [9.17, 15) is 9.90 Å². The minimum atomic E-state index is -0.909. The molecular weight excluding hydrogens is 195 g/mol. The van der Waals surface area contributed by atoms with Gasteiger partial charge in [-0.1, -0.05) is 6.07 Å². The van der Waals surface area contributed by atoms with Crippen molar-refractivity contribution in [3.8, 4) is 11.5 Å². The van der Waals surface area contributed by atoms with Crippen molar-refractivity contribution in [3.63, 3.8) is 0 Å². The molecule has 0 radical (unpaired) electrons. The van der Waals surface area contributed by atoms with E-state index in [0.717, 1.165) is 0 Å². The van der Waals surface area contributed by atoms with Gasteiger partial charge in [0.2, 0.25) is 0 Å². The van der Waals surface area contributed by atoms with Crippen molar-refractivity contribution in [1.29, 1.82) is 0 Å². The van der Waals surface area contributed by atoms with E-state index in [4.69, 9.17) is 9.84 Å². The van der Waals surface area contributed by atoms with Crippen molar-refractivity contribution < 1.29 is 19.7 Å². The van der Waals surface area contributed by atoms with Crippen LogP contribution in [0.25, 0.3) is 0 Å². The van der Waals surface area contributed by atoms with Gasteiger partial charge in [0, 0.05) is 0 Å². The second-order valence-electron chi connectivity index (χ2n) is 2.58. The topological polar surface area (TPSA) is 66.8 Å². The molecule has 0 heterocycles. The van der Waals surface area contributed by atoms with Crippen LogP contribution in [0.2, 0.25) is 0 Å². The van der Waals surface area contributed by atoms with Crippen molar-refractivity contribution >= 4 is 35.5 Å². The molecule has 14 heavy (non-hydrogen) atoms. The number of carboxylic acids is 1. The van der Waals surface area contributed by atoms with E-state index in [1.165, 1.54) is 19.2 Å². The quantitative estimate of drug-likeness (QED) is 0.701. The van der Waals surface area contributed by atoms with E-state index in [1.54, 1.807) is 6.07 Å². The molecule has 0 aliphatic rings. The summed E-state index contributed by atoms with van der Waals surface area (Å²) in [6.07, 6.45) is -0.0728. The first-order chi connectivity index (χ1) is 6.13. The van der Waals surface area contributed by atoms with Gasteiger partial charge in [-0.15, -0.1) is 0 Å². The van der Waals surface area contributed by atoms with Crippen LogP contribution in [0.15, 0.2) is 18.2 Å². The molecule has 2 N–H and O–H groups in total. The van der Waals surface area contributed by atoms with E-state index in [2.05, 4.69) is 0 Å². The summed E-state index contributed by atoms with van der Waals surface area (Å²) in [5.74, 6) is -0.608. The second-order valence-corrected chi connectivity index (χ2v) is 2.58. The average molecular weight is 206 g/mol. The Labute approximate surface area is 104 Å². The molecule has 0 fully saturated rings. The van der Waals surface area contributed by atoms with Crippen molar-refractivity contribution in [2.24, 2.45) is 0 Å². The number of hydrogen-bond donors (Lipinski definition) is 2. The van der Waals surface area contributed by atoms with Gasteiger partial charge in [-0.05, 0) is 17.7 Å². The first-order valence-electron chi connectivity index (χ1n) is 3.71. The van der Waals surface area contributed by atoms with Crippen molar-refractivity contribution in [2.45, 2.75) is 6.42 Å². The number of phenols is 1. The van der Waals surface area contributed by atoms with Crippen LogP contribution < -0.4 is 4.74 Å². The third-order valence-corrected chi connectivity index (χ3v) is 1.60. The fourth-order valence-corrected chi connectivity index (χ4v) is 1.01. The Bertz CT molecular complexity index is 325. The summed E-state index contributed by atoms with van der Waals surface area (Å²) in [6.45, 7) is 0. The zero-order valence-corrected chi connectivity index (χ0v) is 7.15. The number of carbonyl (C=O) groups is 1. The Morgan fingerprint density at radius 3 is 2.64 bits per heavy atom. The van der Waals surface area contributed by atoms with Crippen LogP contribution >= 0.6 is 0 Å². The fraction of sp³-hybridized carbons (Fsp3) is 0.222. The molecule has 0 unspecified atom stereocenters. The molecule has 5 heteroatoms. The molecule has 4 nitrogen and oxygen atoms in total. The van der Waals surface area contributed by atoms with E-state index in [1.807, 2.05) is 0 Å². The normalized spacial score (nSPS) is 8.93. The standard InChI is InChI=1S/C9H10O4.Na.H/c1-13-8-4-6(5-9(11)12)2-3-7(8)10;;/h2-4,10H,5H2,1H3,(H,11,12);;. The first-order valence-corrected chi connectivity index (χ1v) is 3.71. The van der Waals surface area contributed by atoms with Crippen LogP contribution in [0.1, 0.15) is 5.56 Å². The van der Waals surface area contributed by atoms with Crippen LogP contribution in [0.5, 0.6) is 11.5 Å². The summed E-state index contributed by atoms with van der Waals surface area (Å²) < 4.78 is 4.82. The van der Waals surface area contributed by atoms with Gasteiger partial charge < -0.3 is 14.9 Å². The Kier molecular flexibility index (Phi) is 5.60. The molecule has 0 aromatic heterocycles. The summed E-state index contributed by atoms with van der Waals surface area (Å²) in [7, 11) is 1.42. The number of aliphatic carboxylic acids is 1. The molecule has 1 rings (SSSR count). The van der Waals surface area contributed by atoms with Gasteiger partial charge in [0.25, 0.3) is 0 Å². The Morgan fingerprint density at radius 1 is 1.50 bits per heavy atom. The van der Waals surface area contributed by atoms with Gasteiger partial charge in [-0.25, -0.2) is 0 Å². The molecule has 0 aliphatic carbocycles. The molecule has 0 aliphatic heterocycles. The van der Waals surface area contributed by atoms with Crippen LogP contribution in [0.3, 0.4) is 0 Å². The summed E-state index contributed by atoms with van der Waals surface area (Å²) in [5.41, 5.74) is 0.599. The molecule has 0 spiro atoms. The molecule has 0 saturated carbocycles. The van der Waals surface area contributed by atoms with Crippen molar-refractivity contribution in [2.75, 3.05) is 7.11 Å². The summed E-state index contributed by atoms with van der Waals surface area (Å²) in [4.78, 5) is 10.3. The van der Waals surface area contributed by atoms with Crippen LogP contribution in [0.4, 0.5) is 0 Å². The summed E-state index contributed by atoms with van der Waals surface area (Å²) in [6, 6.07) is 4.46.